The molecule has 0 aromatic rings. The number of carbonyl (C=O) groups is 2. The van der Waals surface area contributed by atoms with Gasteiger partial charge < -0.3 is 10.0 Å². The number of carboxylic acids is 1. The van der Waals surface area contributed by atoms with Gasteiger partial charge in [0, 0.05) is 13.0 Å². The molecule has 0 aromatic heterocycles. The van der Waals surface area contributed by atoms with Gasteiger partial charge in [0.25, 0.3) is 0 Å². The van der Waals surface area contributed by atoms with Crippen molar-refractivity contribution >= 4 is 11.9 Å². The van der Waals surface area contributed by atoms with E-state index in [9.17, 15) is 14.7 Å². The van der Waals surface area contributed by atoms with Gasteiger partial charge in [-0.25, -0.2) is 4.79 Å². The Labute approximate surface area is 122 Å². The van der Waals surface area contributed by atoms with E-state index in [2.05, 4.69) is 6.92 Å². The number of aliphatic carboxylic acids is 1. The van der Waals surface area contributed by atoms with Gasteiger partial charge >= 0.3 is 5.97 Å². The van der Waals surface area contributed by atoms with Crippen LogP contribution in [0.2, 0.25) is 0 Å². The molecular formula is C16H29NO3. The topological polar surface area (TPSA) is 57.6 Å². The van der Waals surface area contributed by atoms with Gasteiger partial charge in [-0.15, -0.1) is 0 Å². The van der Waals surface area contributed by atoms with Crippen molar-refractivity contribution in [2.45, 2.75) is 84.2 Å². The third-order valence-electron chi connectivity index (χ3n) is 4.58. The van der Waals surface area contributed by atoms with Crippen molar-refractivity contribution in [2.24, 2.45) is 5.92 Å². The Kier molecular flexibility index (Phi) is 6.03. The van der Waals surface area contributed by atoms with Gasteiger partial charge in [0.2, 0.25) is 5.91 Å². The first-order chi connectivity index (χ1) is 9.35. The van der Waals surface area contributed by atoms with Crippen LogP contribution in [0.15, 0.2) is 0 Å². The molecule has 0 aliphatic heterocycles. The van der Waals surface area contributed by atoms with Crippen LogP contribution >= 0.6 is 0 Å². The number of rotatable bonds is 5. The molecule has 0 bridgehead atoms. The molecule has 116 valence electrons. The maximum atomic E-state index is 12.0. The Morgan fingerprint density at radius 3 is 2.40 bits per heavy atom. The van der Waals surface area contributed by atoms with Gasteiger partial charge in [0.1, 0.15) is 5.54 Å². The van der Waals surface area contributed by atoms with Crippen LogP contribution in [0.4, 0.5) is 0 Å². The maximum Gasteiger partial charge on any atom is 0.329 e. The second-order valence-electron chi connectivity index (χ2n) is 6.41. The van der Waals surface area contributed by atoms with Crippen molar-refractivity contribution < 1.29 is 14.7 Å². The summed E-state index contributed by atoms with van der Waals surface area (Å²) in [4.78, 5) is 25.5. The predicted octanol–water partition coefficient (Wildman–Crippen LogP) is 3.45. The Balaban J connectivity index is 3.03. The first kappa shape index (κ1) is 17.0. The van der Waals surface area contributed by atoms with Crippen molar-refractivity contribution in [1.29, 1.82) is 0 Å². The Morgan fingerprint density at radius 1 is 1.30 bits per heavy atom. The summed E-state index contributed by atoms with van der Waals surface area (Å²) in [5.41, 5.74) is -0.998. The Bertz CT molecular complexity index is 354. The first-order valence-electron chi connectivity index (χ1n) is 7.88. The third-order valence-corrected chi connectivity index (χ3v) is 4.58. The quantitative estimate of drug-likeness (QED) is 0.786. The van der Waals surface area contributed by atoms with Crippen LogP contribution < -0.4 is 0 Å². The van der Waals surface area contributed by atoms with Gasteiger partial charge in [-0.1, -0.05) is 32.6 Å². The average Bonchev–Trinajstić information content (AvgIpc) is 2.53. The average molecular weight is 283 g/mol. The largest absolute Gasteiger partial charge is 0.479 e. The van der Waals surface area contributed by atoms with Crippen molar-refractivity contribution in [3.63, 3.8) is 0 Å². The molecule has 0 saturated heterocycles. The van der Waals surface area contributed by atoms with Gasteiger partial charge in [-0.05, 0) is 39.0 Å². The minimum absolute atomic E-state index is 0.0775. The molecule has 4 heteroatoms. The summed E-state index contributed by atoms with van der Waals surface area (Å²) >= 11 is 0. The molecule has 0 radical (unpaired) electrons. The van der Waals surface area contributed by atoms with Crippen molar-refractivity contribution in [2.75, 3.05) is 0 Å². The van der Waals surface area contributed by atoms with Crippen LogP contribution in [0.25, 0.3) is 0 Å². The SMILES string of the molecule is CCCC1CCCC(C(=O)O)(N(C(C)=O)C(C)C)CC1. The molecule has 1 aliphatic carbocycles. The molecule has 0 heterocycles. The Morgan fingerprint density at radius 2 is 1.95 bits per heavy atom. The van der Waals surface area contributed by atoms with Crippen molar-refractivity contribution in [3.8, 4) is 0 Å². The highest BCUT2D eigenvalue weighted by Crippen LogP contribution is 2.38. The molecular weight excluding hydrogens is 254 g/mol. The number of carbonyl (C=O) groups excluding carboxylic acids is 1. The molecule has 1 saturated carbocycles. The summed E-state index contributed by atoms with van der Waals surface area (Å²) in [7, 11) is 0. The van der Waals surface area contributed by atoms with E-state index in [1.54, 1.807) is 4.90 Å². The van der Waals surface area contributed by atoms with E-state index in [0.717, 1.165) is 32.1 Å². The fourth-order valence-electron chi connectivity index (χ4n) is 3.81. The van der Waals surface area contributed by atoms with E-state index in [4.69, 9.17) is 0 Å². The summed E-state index contributed by atoms with van der Waals surface area (Å²) in [6.45, 7) is 7.46. The van der Waals surface area contributed by atoms with E-state index in [0.29, 0.717) is 18.8 Å². The monoisotopic (exact) mass is 283 g/mol. The third kappa shape index (κ3) is 3.53. The van der Waals surface area contributed by atoms with Crippen LogP contribution in [0.3, 0.4) is 0 Å². The molecule has 0 spiro atoms. The van der Waals surface area contributed by atoms with Crippen LogP contribution in [0, 0.1) is 5.92 Å². The fraction of sp³-hybridized carbons (Fsp3) is 0.875. The van der Waals surface area contributed by atoms with Crippen LogP contribution in [-0.4, -0.2) is 33.5 Å². The highest BCUT2D eigenvalue weighted by atomic mass is 16.4. The van der Waals surface area contributed by atoms with E-state index in [1.165, 1.54) is 6.92 Å². The van der Waals surface area contributed by atoms with E-state index in [1.807, 2.05) is 13.8 Å². The van der Waals surface area contributed by atoms with E-state index in [-0.39, 0.29) is 11.9 Å². The molecule has 1 N–H and O–H groups in total. The molecule has 20 heavy (non-hydrogen) atoms. The number of amides is 1. The van der Waals surface area contributed by atoms with Crippen LogP contribution in [-0.2, 0) is 9.59 Å². The van der Waals surface area contributed by atoms with Gasteiger partial charge in [0.15, 0.2) is 0 Å². The second-order valence-corrected chi connectivity index (χ2v) is 6.41. The van der Waals surface area contributed by atoms with E-state index < -0.39 is 11.5 Å². The van der Waals surface area contributed by atoms with Gasteiger partial charge in [-0.2, -0.15) is 0 Å². The predicted molar refractivity (Wildman–Crippen MR) is 79.5 cm³/mol. The standard InChI is InChI=1S/C16H29NO3/c1-5-7-14-8-6-10-16(11-9-14,15(19)20)17(12(2)3)13(4)18/h12,14H,5-11H2,1-4H3,(H,19,20). The highest BCUT2D eigenvalue weighted by molar-refractivity contribution is 5.86. The Hall–Kier alpha value is -1.06. The minimum Gasteiger partial charge on any atom is -0.479 e. The lowest BCUT2D eigenvalue weighted by atomic mass is 9.86. The maximum absolute atomic E-state index is 12.0. The molecule has 1 fully saturated rings. The normalized spacial score (nSPS) is 27.1. The molecule has 4 nitrogen and oxygen atoms in total. The number of hydrogen-bond donors (Lipinski definition) is 1. The lowest BCUT2D eigenvalue weighted by Gasteiger charge is -2.42. The molecule has 1 aliphatic rings. The van der Waals surface area contributed by atoms with E-state index >= 15 is 0 Å². The lowest BCUT2D eigenvalue weighted by molar-refractivity contribution is -0.162. The first-order valence-corrected chi connectivity index (χ1v) is 7.88. The highest BCUT2D eigenvalue weighted by Gasteiger charge is 2.47. The summed E-state index contributed by atoms with van der Waals surface area (Å²) in [6.07, 6.45) is 6.38. The summed E-state index contributed by atoms with van der Waals surface area (Å²) in [6, 6.07) is -0.0775. The molecule has 0 aromatic carbocycles. The lowest BCUT2D eigenvalue weighted by Crippen LogP contribution is -2.59. The zero-order valence-electron chi connectivity index (χ0n) is 13.3. The number of hydrogen-bond acceptors (Lipinski definition) is 2. The smallest absolute Gasteiger partial charge is 0.329 e. The number of carboxylic acid groups (broad SMARTS) is 1. The minimum atomic E-state index is -0.998. The fourth-order valence-corrected chi connectivity index (χ4v) is 3.81. The van der Waals surface area contributed by atoms with Crippen LogP contribution in [0.5, 0.6) is 0 Å². The summed E-state index contributed by atoms with van der Waals surface area (Å²) in [5.74, 6) is -0.350. The molecule has 2 atom stereocenters. The van der Waals surface area contributed by atoms with Crippen molar-refractivity contribution in [1.82, 2.24) is 4.90 Å². The summed E-state index contributed by atoms with van der Waals surface area (Å²) < 4.78 is 0. The number of nitrogens with zero attached hydrogens (tertiary/aromatic N) is 1. The zero-order valence-corrected chi connectivity index (χ0v) is 13.3. The van der Waals surface area contributed by atoms with Crippen molar-refractivity contribution in [3.05, 3.63) is 0 Å². The van der Waals surface area contributed by atoms with Gasteiger partial charge in [0.05, 0.1) is 0 Å². The molecule has 2 unspecified atom stereocenters. The summed E-state index contributed by atoms with van der Waals surface area (Å²) in [5, 5.41) is 9.80. The zero-order chi connectivity index (χ0) is 15.3. The molecule has 1 rings (SSSR count). The molecule has 1 amide bonds. The van der Waals surface area contributed by atoms with Crippen LogP contribution in [0.1, 0.15) is 72.6 Å². The second kappa shape index (κ2) is 7.09. The van der Waals surface area contributed by atoms with Gasteiger partial charge in [-0.3, -0.25) is 4.79 Å².